The van der Waals surface area contributed by atoms with Crippen LogP contribution < -0.4 is 4.90 Å². The highest BCUT2D eigenvalue weighted by Gasteiger charge is 2.20. The van der Waals surface area contributed by atoms with Crippen LogP contribution in [0, 0.1) is 0 Å². The lowest BCUT2D eigenvalue weighted by Gasteiger charge is -2.36. The van der Waals surface area contributed by atoms with Gasteiger partial charge in [0.1, 0.15) is 0 Å². The Kier molecular flexibility index (Phi) is 5.23. The summed E-state index contributed by atoms with van der Waals surface area (Å²) >= 11 is 0. The van der Waals surface area contributed by atoms with E-state index in [0.717, 1.165) is 13.1 Å². The number of anilines is 1. The fourth-order valence-corrected chi connectivity index (χ4v) is 2.84. The number of rotatable bonds is 4. The maximum atomic E-state index is 11.3. The third-order valence-electron chi connectivity index (χ3n) is 4.45. The summed E-state index contributed by atoms with van der Waals surface area (Å²) in [6.07, 6.45) is 2.45. The average molecular weight is 289 g/mol. The molecule has 0 aliphatic carbocycles. The standard InChI is InChI=1S/C17H27N3O/c1-14(21)19(4)13-15-5-7-17(8-6-15)20-11-9-16(10-12-20)18(2)3/h5-8,16H,9-13H2,1-4H3. The van der Waals surface area contributed by atoms with Crippen LogP contribution in [0.5, 0.6) is 0 Å². The van der Waals surface area contributed by atoms with Crippen LogP contribution in [0.2, 0.25) is 0 Å². The molecule has 21 heavy (non-hydrogen) atoms. The lowest BCUT2D eigenvalue weighted by atomic mass is 10.0. The molecule has 1 aromatic rings. The Morgan fingerprint density at radius 2 is 1.71 bits per heavy atom. The normalized spacial score (nSPS) is 16.3. The zero-order chi connectivity index (χ0) is 15.4. The van der Waals surface area contributed by atoms with E-state index in [2.05, 4.69) is 48.2 Å². The highest BCUT2D eigenvalue weighted by molar-refractivity contribution is 5.72. The van der Waals surface area contributed by atoms with E-state index in [-0.39, 0.29) is 5.91 Å². The summed E-state index contributed by atoms with van der Waals surface area (Å²) in [5.41, 5.74) is 2.47. The number of piperidine rings is 1. The minimum Gasteiger partial charge on any atom is -0.371 e. The molecule has 0 unspecified atom stereocenters. The predicted octanol–water partition coefficient (Wildman–Crippen LogP) is 2.20. The first kappa shape index (κ1) is 15.8. The molecule has 0 atom stereocenters. The van der Waals surface area contributed by atoms with Crippen molar-refractivity contribution < 1.29 is 4.79 Å². The first-order chi connectivity index (χ1) is 9.97. The van der Waals surface area contributed by atoms with Crippen molar-refractivity contribution in [2.75, 3.05) is 39.1 Å². The van der Waals surface area contributed by atoms with Crippen molar-refractivity contribution in [1.82, 2.24) is 9.80 Å². The Morgan fingerprint density at radius 3 is 2.19 bits per heavy atom. The number of nitrogens with zero attached hydrogens (tertiary/aromatic N) is 3. The zero-order valence-electron chi connectivity index (χ0n) is 13.7. The second-order valence-corrected chi connectivity index (χ2v) is 6.22. The lowest BCUT2D eigenvalue weighted by molar-refractivity contribution is -0.128. The topological polar surface area (TPSA) is 26.8 Å². The van der Waals surface area contributed by atoms with Gasteiger partial charge in [0, 0.05) is 45.3 Å². The van der Waals surface area contributed by atoms with Gasteiger partial charge in [-0.15, -0.1) is 0 Å². The molecule has 1 aliphatic rings. The largest absolute Gasteiger partial charge is 0.371 e. The molecule has 0 bridgehead atoms. The number of carbonyl (C=O) groups excluding carboxylic acids is 1. The fraction of sp³-hybridized carbons (Fsp3) is 0.588. The first-order valence-corrected chi connectivity index (χ1v) is 7.69. The van der Waals surface area contributed by atoms with Crippen molar-refractivity contribution in [2.24, 2.45) is 0 Å². The molecule has 1 amide bonds. The number of hydrogen-bond acceptors (Lipinski definition) is 3. The molecule has 2 rings (SSSR count). The van der Waals surface area contributed by atoms with Crippen molar-refractivity contribution in [1.29, 1.82) is 0 Å². The summed E-state index contributed by atoms with van der Waals surface area (Å²) in [6.45, 7) is 4.52. The highest BCUT2D eigenvalue weighted by atomic mass is 16.2. The monoisotopic (exact) mass is 289 g/mol. The van der Waals surface area contributed by atoms with Gasteiger partial charge in [-0.2, -0.15) is 0 Å². The van der Waals surface area contributed by atoms with E-state index >= 15 is 0 Å². The van der Waals surface area contributed by atoms with Gasteiger partial charge in [-0.25, -0.2) is 0 Å². The van der Waals surface area contributed by atoms with Crippen molar-refractivity contribution >= 4 is 11.6 Å². The zero-order valence-corrected chi connectivity index (χ0v) is 13.7. The Bertz CT molecular complexity index is 461. The molecule has 0 N–H and O–H groups in total. The molecule has 0 spiro atoms. The molecule has 0 aromatic heterocycles. The molecule has 1 aliphatic heterocycles. The molecular weight excluding hydrogens is 262 g/mol. The van der Waals surface area contributed by atoms with E-state index in [4.69, 9.17) is 0 Å². The number of carbonyl (C=O) groups is 1. The Morgan fingerprint density at radius 1 is 1.14 bits per heavy atom. The van der Waals surface area contributed by atoms with E-state index < -0.39 is 0 Å². The van der Waals surface area contributed by atoms with Gasteiger partial charge in [0.2, 0.25) is 5.91 Å². The van der Waals surface area contributed by atoms with Crippen LogP contribution in [0.4, 0.5) is 5.69 Å². The maximum Gasteiger partial charge on any atom is 0.219 e. The van der Waals surface area contributed by atoms with E-state index in [0.29, 0.717) is 12.6 Å². The van der Waals surface area contributed by atoms with Crippen molar-refractivity contribution in [3.63, 3.8) is 0 Å². The number of benzene rings is 1. The number of amides is 1. The fourth-order valence-electron chi connectivity index (χ4n) is 2.84. The molecule has 1 heterocycles. The van der Waals surface area contributed by atoms with Crippen LogP contribution >= 0.6 is 0 Å². The first-order valence-electron chi connectivity index (χ1n) is 7.69. The third-order valence-corrected chi connectivity index (χ3v) is 4.45. The van der Waals surface area contributed by atoms with Crippen molar-refractivity contribution in [3.8, 4) is 0 Å². The molecule has 0 saturated carbocycles. The summed E-state index contributed by atoms with van der Waals surface area (Å²) in [7, 11) is 6.17. The molecule has 1 fully saturated rings. The van der Waals surface area contributed by atoms with Gasteiger partial charge in [-0.3, -0.25) is 4.79 Å². The molecule has 4 nitrogen and oxygen atoms in total. The van der Waals surface area contributed by atoms with Crippen LogP contribution in [-0.4, -0.2) is 56.0 Å². The molecule has 4 heteroatoms. The lowest BCUT2D eigenvalue weighted by Crippen LogP contribution is -2.41. The summed E-state index contributed by atoms with van der Waals surface area (Å²) in [5.74, 6) is 0.102. The van der Waals surface area contributed by atoms with Gasteiger partial charge < -0.3 is 14.7 Å². The molecule has 1 aromatic carbocycles. The average Bonchev–Trinajstić information content (AvgIpc) is 2.48. The van der Waals surface area contributed by atoms with Crippen LogP contribution in [0.25, 0.3) is 0 Å². The van der Waals surface area contributed by atoms with Crippen molar-refractivity contribution in [2.45, 2.75) is 32.4 Å². The molecule has 116 valence electrons. The SMILES string of the molecule is CC(=O)N(C)Cc1ccc(N2CCC(N(C)C)CC2)cc1. The quantitative estimate of drug-likeness (QED) is 0.850. The second-order valence-electron chi connectivity index (χ2n) is 6.22. The van der Waals surface area contributed by atoms with Gasteiger partial charge in [0.15, 0.2) is 0 Å². The highest BCUT2D eigenvalue weighted by Crippen LogP contribution is 2.22. The van der Waals surface area contributed by atoms with Gasteiger partial charge in [-0.1, -0.05) is 12.1 Å². The Labute approximate surface area is 128 Å². The summed E-state index contributed by atoms with van der Waals surface area (Å²) in [5, 5.41) is 0. The van der Waals surface area contributed by atoms with Gasteiger partial charge in [-0.05, 0) is 44.6 Å². The van der Waals surface area contributed by atoms with Crippen molar-refractivity contribution in [3.05, 3.63) is 29.8 Å². The third kappa shape index (κ3) is 4.21. The molecule has 0 radical (unpaired) electrons. The van der Waals surface area contributed by atoms with Crippen LogP contribution in [0.1, 0.15) is 25.3 Å². The van der Waals surface area contributed by atoms with E-state index in [1.54, 1.807) is 11.8 Å². The van der Waals surface area contributed by atoms with Crippen LogP contribution in [0.3, 0.4) is 0 Å². The minimum atomic E-state index is 0.102. The predicted molar refractivity (Wildman–Crippen MR) is 87.5 cm³/mol. The van der Waals surface area contributed by atoms with Gasteiger partial charge >= 0.3 is 0 Å². The van der Waals surface area contributed by atoms with E-state index in [9.17, 15) is 4.79 Å². The van der Waals surface area contributed by atoms with Crippen LogP contribution in [0.15, 0.2) is 24.3 Å². The Hall–Kier alpha value is -1.55. The minimum absolute atomic E-state index is 0.102. The smallest absolute Gasteiger partial charge is 0.219 e. The van der Waals surface area contributed by atoms with Gasteiger partial charge in [0.05, 0.1) is 0 Å². The summed E-state index contributed by atoms with van der Waals surface area (Å²) in [4.78, 5) is 17.8. The Balaban J connectivity index is 1.92. The number of hydrogen-bond donors (Lipinski definition) is 0. The maximum absolute atomic E-state index is 11.3. The summed E-state index contributed by atoms with van der Waals surface area (Å²) < 4.78 is 0. The molecule has 1 saturated heterocycles. The van der Waals surface area contributed by atoms with E-state index in [1.807, 2.05) is 7.05 Å². The van der Waals surface area contributed by atoms with Gasteiger partial charge in [0.25, 0.3) is 0 Å². The van der Waals surface area contributed by atoms with E-state index in [1.165, 1.54) is 24.1 Å². The summed E-state index contributed by atoms with van der Waals surface area (Å²) in [6, 6.07) is 9.34. The molecular formula is C17H27N3O. The van der Waals surface area contributed by atoms with Crippen LogP contribution in [-0.2, 0) is 11.3 Å². The second kappa shape index (κ2) is 6.94.